The number of carbonyl (C=O) groups is 1. The number of hydrogen-bond donors (Lipinski definition) is 0. The molecule has 7 heteroatoms. The van der Waals surface area contributed by atoms with Gasteiger partial charge in [0.1, 0.15) is 0 Å². The van der Waals surface area contributed by atoms with Crippen LogP contribution in [-0.2, 0) is 9.53 Å². The third-order valence-electron chi connectivity index (χ3n) is 1.14. The van der Waals surface area contributed by atoms with Crippen LogP contribution in [0.15, 0.2) is 0 Å². The summed E-state index contributed by atoms with van der Waals surface area (Å²) < 4.78 is 0.778. The molecule has 1 fully saturated rings. The summed E-state index contributed by atoms with van der Waals surface area (Å²) in [6.45, 7) is 0. The molecule has 0 aromatic rings. The Hall–Kier alpha value is 0.920. The van der Waals surface area contributed by atoms with E-state index in [1.165, 1.54) is 0 Å². The van der Waals surface area contributed by atoms with E-state index < -0.39 is 20.2 Å². The monoisotopic (exact) mass is 256 g/mol. The highest BCUT2D eigenvalue weighted by molar-refractivity contribution is 6.70. The molecule has 1 saturated heterocycles. The normalized spacial score (nSPS) is 29.2. The highest BCUT2D eigenvalue weighted by atomic mass is 35.6. The average molecular weight is 258 g/mol. The fourth-order valence-electron chi connectivity index (χ4n) is 0.655. The number of esters is 1. The molecular formula is C4HCl5O2. The molecule has 1 atom stereocenters. The Morgan fingerprint density at radius 2 is 1.82 bits per heavy atom. The second-order valence-corrected chi connectivity index (χ2v) is 5.64. The van der Waals surface area contributed by atoms with Gasteiger partial charge in [-0.15, -0.1) is 0 Å². The van der Waals surface area contributed by atoms with Crippen molar-refractivity contribution in [1.82, 2.24) is 0 Å². The number of alkyl halides is 5. The van der Waals surface area contributed by atoms with Gasteiger partial charge < -0.3 is 4.74 Å². The van der Waals surface area contributed by atoms with Crippen LogP contribution in [-0.4, -0.2) is 14.3 Å². The van der Waals surface area contributed by atoms with Crippen molar-refractivity contribution in [2.24, 2.45) is 5.92 Å². The van der Waals surface area contributed by atoms with Crippen molar-refractivity contribution in [1.29, 1.82) is 0 Å². The zero-order valence-electron chi connectivity index (χ0n) is 4.78. The standard InChI is InChI=1S/C4HCl5O2/c5-3(6,7)1-2(10)11-4(1,8)9/h1H. The lowest BCUT2D eigenvalue weighted by Gasteiger charge is -2.40. The third kappa shape index (κ3) is 1.81. The van der Waals surface area contributed by atoms with Gasteiger partial charge in [-0.05, 0) is 0 Å². The minimum atomic E-state index is -1.82. The maximum atomic E-state index is 10.6. The first-order chi connectivity index (χ1) is 4.75. The van der Waals surface area contributed by atoms with E-state index in [1.807, 2.05) is 0 Å². The summed E-state index contributed by atoms with van der Waals surface area (Å²) in [7, 11) is 0. The van der Waals surface area contributed by atoms with Gasteiger partial charge in [-0.25, -0.2) is 0 Å². The molecule has 0 radical (unpaired) electrons. The van der Waals surface area contributed by atoms with Gasteiger partial charge in [0, 0.05) is 0 Å². The van der Waals surface area contributed by atoms with Crippen LogP contribution in [0, 0.1) is 5.92 Å². The molecule has 64 valence electrons. The Labute approximate surface area is 87.6 Å². The zero-order valence-corrected chi connectivity index (χ0v) is 8.56. The lowest BCUT2D eigenvalue weighted by Crippen LogP contribution is -2.55. The van der Waals surface area contributed by atoms with Gasteiger partial charge >= 0.3 is 5.97 Å². The Morgan fingerprint density at radius 3 is 1.91 bits per heavy atom. The Balaban J connectivity index is 2.80. The van der Waals surface area contributed by atoms with Gasteiger partial charge in [0.05, 0.1) is 0 Å². The van der Waals surface area contributed by atoms with Crippen molar-refractivity contribution in [3.8, 4) is 0 Å². The molecule has 1 heterocycles. The Bertz CT molecular complexity index is 185. The van der Waals surface area contributed by atoms with Crippen molar-refractivity contribution in [2.75, 3.05) is 0 Å². The Morgan fingerprint density at radius 1 is 1.36 bits per heavy atom. The van der Waals surface area contributed by atoms with E-state index in [2.05, 4.69) is 4.74 Å². The van der Waals surface area contributed by atoms with Crippen LogP contribution < -0.4 is 0 Å². The fourth-order valence-corrected chi connectivity index (χ4v) is 2.38. The van der Waals surface area contributed by atoms with Gasteiger partial charge in [-0.2, -0.15) is 0 Å². The van der Waals surface area contributed by atoms with Crippen molar-refractivity contribution < 1.29 is 9.53 Å². The first-order valence-corrected chi connectivity index (χ1v) is 4.31. The maximum absolute atomic E-state index is 10.6. The molecule has 1 unspecified atom stereocenters. The number of carbonyl (C=O) groups excluding carboxylic acids is 1. The highest BCUT2D eigenvalue weighted by Crippen LogP contribution is 2.53. The molecule has 11 heavy (non-hydrogen) atoms. The maximum Gasteiger partial charge on any atom is 0.322 e. The number of ether oxygens (including phenoxy) is 1. The molecule has 1 aliphatic heterocycles. The van der Waals surface area contributed by atoms with E-state index in [0.717, 1.165) is 0 Å². The molecule has 0 amide bonds. The predicted molar refractivity (Wildman–Crippen MR) is 44.3 cm³/mol. The summed E-state index contributed by atoms with van der Waals surface area (Å²) >= 11 is 27.0. The smallest absolute Gasteiger partial charge is 0.322 e. The molecule has 0 bridgehead atoms. The van der Waals surface area contributed by atoms with Crippen molar-refractivity contribution in [3.63, 3.8) is 0 Å². The SMILES string of the molecule is O=C1OC(Cl)(Cl)C1C(Cl)(Cl)Cl. The van der Waals surface area contributed by atoms with E-state index in [9.17, 15) is 4.79 Å². The topological polar surface area (TPSA) is 26.3 Å². The van der Waals surface area contributed by atoms with Gasteiger partial charge in [-0.1, -0.05) is 58.0 Å². The minimum absolute atomic E-state index is 0.713. The van der Waals surface area contributed by atoms with Crippen molar-refractivity contribution >= 4 is 64.0 Å². The molecule has 0 aromatic carbocycles. The van der Waals surface area contributed by atoms with Crippen molar-refractivity contribution in [2.45, 2.75) is 8.31 Å². The van der Waals surface area contributed by atoms with E-state index in [1.54, 1.807) is 0 Å². The van der Waals surface area contributed by atoms with Gasteiger partial charge in [-0.3, -0.25) is 4.79 Å². The molecule has 0 saturated carbocycles. The number of rotatable bonds is 0. The van der Waals surface area contributed by atoms with Crippen LogP contribution in [0.2, 0.25) is 0 Å². The first kappa shape index (κ1) is 10.0. The van der Waals surface area contributed by atoms with Gasteiger partial charge in [0.25, 0.3) is 4.52 Å². The van der Waals surface area contributed by atoms with E-state index in [-0.39, 0.29) is 0 Å². The largest absolute Gasteiger partial charge is 0.427 e. The molecule has 0 aliphatic carbocycles. The van der Waals surface area contributed by atoms with E-state index >= 15 is 0 Å². The molecule has 2 nitrogen and oxygen atoms in total. The fraction of sp³-hybridized carbons (Fsp3) is 0.750. The van der Waals surface area contributed by atoms with Crippen LogP contribution >= 0.6 is 58.0 Å². The summed E-state index contributed by atoms with van der Waals surface area (Å²) in [5.41, 5.74) is 0. The molecule has 0 spiro atoms. The van der Waals surface area contributed by atoms with E-state index in [4.69, 9.17) is 58.0 Å². The lowest BCUT2D eigenvalue weighted by molar-refractivity contribution is -0.179. The van der Waals surface area contributed by atoms with E-state index in [0.29, 0.717) is 0 Å². The molecular weight excluding hydrogens is 257 g/mol. The number of halogens is 5. The number of cyclic esters (lactones) is 1. The summed E-state index contributed by atoms with van der Waals surface area (Å²) in [6, 6.07) is 0. The Kier molecular flexibility index (Phi) is 2.46. The predicted octanol–water partition coefficient (Wildman–Crippen LogP) is 2.66. The van der Waals surface area contributed by atoms with Crippen LogP contribution in [0.3, 0.4) is 0 Å². The average Bonchev–Trinajstić information content (AvgIpc) is 1.54. The molecule has 1 aliphatic rings. The van der Waals surface area contributed by atoms with Crippen LogP contribution in [0.25, 0.3) is 0 Å². The van der Waals surface area contributed by atoms with Gasteiger partial charge in [0.2, 0.25) is 3.79 Å². The molecule has 0 N–H and O–H groups in total. The molecule has 1 rings (SSSR count). The first-order valence-electron chi connectivity index (χ1n) is 2.42. The van der Waals surface area contributed by atoms with Crippen LogP contribution in [0.4, 0.5) is 0 Å². The summed E-state index contributed by atoms with van der Waals surface area (Å²) in [5, 5.41) is 0. The van der Waals surface area contributed by atoms with Crippen LogP contribution in [0.5, 0.6) is 0 Å². The highest BCUT2D eigenvalue weighted by Gasteiger charge is 2.64. The second-order valence-electron chi connectivity index (χ2n) is 1.96. The summed E-state index contributed by atoms with van der Waals surface area (Å²) in [6.07, 6.45) is 0. The lowest BCUT2D eigenvalue weighted by atomic mass is 10.1. The second kappa shape index (κ2) is 2.71. The summed E-state index contributed by atoms with van der Waals surface area (Å²) in [4.78, 5) is 10.6. The number of hydrogen-bond acceptors (Lipinski definition) is 2. The quantitative estimate of drug-likeness (QED) is 0.493. The van der Waals surface area contributed by atoms with Gasteiger partial charge in [0.15, 0.2) is 5.92 Å². The van der Waals surface area contributed by atoms with Crippen molar-refractivity contribution in [3.05, 3.63) is 0 Å². The van der Waals surface area contributed by atoms with Crippen LogP contribution in [0.1, 0.15) is 0 Å². The zero-order chi connectivity index (χ0) is 8.86. The third-order valence-corrected chi connectivity index (χ3v) is 2.38. The minimum Gasteiger partial charge on any atom is -0.427 e. The summed E-state index contributed by atoms with van der Waals surface area (Å²) in [5.74, 6) is -1.83. The molecule has 0 aromatic heterocycles.